The quantitative estimate of drug-likeness (QED) is 0.679. The number of nitrogens with one attached hydrogen (secondary N) is 1. The number of ether oxygens (including phenoxy) is 1. The van der Waals surface area contributed by atoms with E-state index in [-0.39, 0.29) is 34.5 Å². The first-order valence-electron chi connectivity index (χ1n) is 7.59. The molecule has 0 saturated carbocycles. The van der Waals surface area contributed by atoms with Crippen molar-refractivity contribution in [3.8, 4) is 10.7 Å². The molecule has 0 atom stereocenters. The van der Waals surface area contributed by atoms with E-state index in [1.165, 1.54) is 6.20 Å². The zero-order valence-corrected chi connectivity index (χ0v) is 15.3. The van der Waals surface area contributed by atoms with Crippen molar-refractivity contribution in [2.75, 3.05) is 13.2 Å². The Morgan fingerprint density at radius 3 is 2.70 bits per heavy atom. The first-order valence-corrected chi connectivity index (χ1v) is 9.89. The summed E-state index contributed by atoms with van der Waals surface area (Å²) >= 11 is 0.618. The molecule has 0 radical (unpaired) electrons. The molecule has 1 aliphatic rings. The third-order valence-corrected chi connectivity index (χ3v) is 6.47. The van der Waals surface area contributed by atoms with Crippen LogP contribution in [0.5, 0.6) is 0 Å². The highest BCUT2D eigenvalue weighted by atomic mass is 32.2. The minimum atomic E-state index is -4.05. The van der Waals surface area contributed by atoms with Crippen molar-refractivity contribution >= 4 is 27.0 Å². The smallest absolute Gasteiger partial charge is 0.291 e. The number of pyridine rings is 1. The summed E-state index contributed by atoms with van der Waals surface area (Å²) in [5.41, 5.74) is -0.771. The van der Waals surface area contributed by atoms with Crippen LogP contribution in [-0.4, -0.2) is 46.8 Å². The lowest BCUT2D eigenvalue weighted by Crippen LogP contribution is -2.59. The summed E-state index contributed by atoms with van der Waals surface area (Å²) in [6.07, 6.45) is -0.410. The van der Waals surface area contributed by atoms with Gasteiger partial charge in [0.2, 0.25) is 10.0 Å². The predicted octanol–water partition coefficient (Wildman–Crippen LogP) is 2.00. The zero-order valence-electron chi connectivity index (χ0n) is 13.7. The molecule has 0 aliphatic carbocycles. The molecule has 8 nitrogen and oxygen atoms in total. The van der Waals surface area contributed by atoms with E-state index in [0.717, 1.165) is 16.7 Å². The lowest BCUT2D eigenvalue weighted by atomic mass is 10.0. The summed E-state index contributed by atoms with van der Waals surface area (Å²) in [4.78, 5) is 3.54. The topological polar surface area (TPSA) is 98.5 Å². The molecule has 4 heterocycles. The summed E-state index contributed by atoms with van der Waals surface area (Å²) in [5.74, 6) is -0.877. The number of sulfonamides is 1. The van der Waals surface area contributed by atoms with Gasteiger partial charge in [-0.25, -0.2) is 31.3 Å². The van der Waals surface area contributed by atoms with E-state index in [9.17, 15) is 21.6 Å². The van der Waals surface area contributed by atoms with Crippen molar-refractivity contribution in [1.29, 1.82) is 0 Å². The fourth-order valence-electron chi connectivity index (χ4n) is 2.60. The van der Waals surface area contributed by atoms with E-state index in [4.69, 9.17) is 4.74 Å². The van der Waals surface area contributed by atoms with E-state index in [2.05, 4.69) is 19.9 Å². The highest BCUT2D eigenvalue weighted by Crippen LogP contribution is 2.30. The van der Waals surface area contributed by atoms with Crippen LogP contribution >= 0.6 is 11.3 Å². The van der Waals surface area contributed by atoms with Crippen LogP contribution < -0.4 is 4.72 Å². The second kappa shape index (κ2) is 6.22. The normalized spacial score (nSPS) is 16.8. The van der Waals surface area contributed by atoms with Gasteiger partial charge in [0.25, 0.3) is 6.43 Å². The van der Waals surface area contributed by atoms with Crippen LogP contribution in [0.15, 0.2) is 23.4 Å². The van der Waals surface area contributed by atoms with Gasteiger partial charge in [0.15, 0.2) is 21.5 Å². The molecule has 3 aromatic heterocycles. The van der Waals surface area contributed by atoms with E-state index in [1.54, 1.807) is 6.92 Å². The molecule has 13 heteroatoms. The van der Waals surface area contributed by atoms with Crippen molar-refractivity contribution in [3.63, 3.8) is 0 Å². The molecule has 0 bridgehead atoms. The van der Waals surface area contributed by atoms with Crippen molar-refractivity contribution in [3.05, 3.63) is 29.3 Å². The van der Waals surface area contributed by atoms with Gasteiger partial charge in [0.05, 0.1) is 24.9 Å². The number of hydrogen-bond donors (Lipinski definition) is 1. The highest BCUT2D eigenvalue weighted by Gasteiger charge is 2.38. The summed E-state index contributed by atoms with van der Waals surface area (Å²) in [6, 6.07) is 0.849. The summed E-state index contributed by atoms with van der Waals surface area (Å²) < 4.78 is 73.8. The lowest BCUT2D eigenvalue weighted by Gasteiger charge is -2.38. The zero-order chi connectivity index (χ0) is 19.4. The molecule has 3 aromatic rings. The average Bonchev–Trinajstić information content (AvgIpc) is 3.19. The van der Waals surface area contributed by atoms with Gasteiger partial charge in [-0.05, 0) is 13.0 Å². The van der Waals surface area contributed by atoms with Crippen LogP contribution in [0, 0.1) is 5.82 Å². The molecule has 1 aliphatic heterocycles. The van der Waals surface area contributed by atoms with E-state index in [0.29, 0.717) is 11.3 Å². The number of alkyl halides is 2. The minimum Gasteiger partial charge on any atom is -0.377 e. The number of halogens is 3. The molecule has 144 valence electrons. The second-order valence-electron chi connectivity index (χ2n) is 6.27. The molecule has 0 unspecified atom stereocenters. The van der Waals surface area contributed by atoms with Gasteiger partial charge < -0.3 is 4.74 Å². The van der Waals surface area contributed by atoms with Crippen molar-refractivity contribution in [1.82, 2.24) is 24.3 Å². The molecular formula is C14H12F3N5O3S2. The van der Waals surface area contributed by atoms with Crippen LogP contribution in [0.1, 0.15) is 18.4 Å². The maximum Gasteiger partial charge on any atom is 0.291 e. The average molecular weight is 419 g/mol. The van der Waals surface area contributed by atoms with Crippen molar-refractivity contribution in [2.45, 2.75) is 23.8 Å². The Labute approximate surface area is 155 Å². The third-order valence-electron chi connectivity index (χ3n) is 3.91. The first kappa shape index (κ1) is 18.3. The molecule has 1 N–H and O–H groups in total. The molecule has 1 saturated heterocycles. The predicted molar refractivity (Wildman–Crippen MR) is 88.6 cm³/mol. The van der Waals surface area contributed by atoms with Gasteiger partial charge in [0.1, 0.15) is 10.6 Å². The fraction of sp³-hybridized carbons (Fsp3) is 0.357. The Hall–Kier alpha value is -2.09. The van der Waals surface area contributed by atoms with Gasteiger partial charge in [-0.1, -0.05) is 11.3 Å². The van der Waals surface area contributed by atoms with E-state index < -0.39 is 32.8 Å². The highest BCUT2D eigenvalue weighted by molar-refractivity contribution is 7.89. The Kier molecular flexibility index (Phi) is 4.21. The number of nitrogens with zero attached hydrogens (tertiary/aromatic N) is 4. The Morgan fingerprint density at radius 2 is 2.11 bits per heavy atom. The molecule has 0 amide bonds. The van der Waals surface area contributed by atoms with Gasteiger partial charge in [-0.3, -0.25) is 4.40 Å². The van der Waals surface area contributed by atoms with Crippen LogP contribution in [0.25, 0.3) is 16.3 Å². The monoisotopic (exact) mass is 419 g/mol. The number of aromatic nitrogens is 4. The number of rotatable bonds is 5. The van der Waals surface area contributed by atoms with Crippen molar-refractivity contribution < 1.29 is 26.3 Å². The number of imidazole rings is 1. The first-order chi connectivity index (χ1) is 12.7. The number of hydrogen-bond acceptors (Lipinski definition) is 7. The summed E-state index contributed by atoms with van der Waals surface area (Å²) in [5, 5.41) is 6.61. The Morgan fingerprint density at radius 1 is 1.37 bits per heavy atom. The second-order valence-corrected chi connectivity index (χ2v) is 8.96. The number of fused-ring (bicyclic) bond motifs is 1. The van der Waals surface area contributed by atoms with Gasteiger partial charge in [-0.15, -0.1) is 10.2 Å². The van der Waals surface area contributed by atoms with Crippen LogP contribution in [-0.2, 0) is 14.8 Å². The molecule has 0 spiro atoms. The largest absolute Gasteiger partial charge is 0.377 e. The molecule has 4 rings (SSSR count). The van der Waals surface area contributed by atoms with Crippen LogP contribution in [0.3, 0.4) is 0 Å². The molecular weight excluding hydrogens is 407 g/mol. The van der Waals surface area contributed by atoms with E-state index >= 15 is 0 Å². The van der Waals surface area contributed by atoms with Crippen LogP contribution in [0.2, 0.25) is 0 Å². The maximum absolute atomic E-state index is 14.4. The van der Waals surface area contributed by atoms with Gasteiger partial charge >= 0.3 is 0 Å². The minimum absolute atomic E-state index is 0.0686. The maximum atomic E-state index is 14.4. The van der Waals surface area contributed by atoms with Gasteiger partial charge in [-0.2, -0.15) is 0 Å². The summed E-state index contributed by atoms with van der Waals surface area (Å²) in [7, 11) is -4.05. The Balaban J connectivity index is 1.80. The van der Waals surface area contributed by atoms with Gasteiger partial charge in [0, 0.05) is 6.20 Å². The lowest BCUT2D eigenvalue weighted by molar-refractivity contribution is -0.0523. The molecule has 1 fully saturated rings. The Bertz CT molecular complexity index is 1120. The van der Waals surface area contributed by atoms with E-state index in [1.807, 2.05) is 0 Å². The van der Waals surface area contributed by atoms with Crippen molar-refractivity contribution in [2.24, 2.45) is 0 Å². The molecule has 27 heavy (non-hydrogen) atoms. The molecule has 0 aromatic carbocycles. The fourth-order valence-corrected chi connectivity index (χ4v) is 4.70. The SMILES string of the molecule is CC1(NS(=O)(=O)c2cc(F)c3ncc(-c4nnc(C(F)F)s4)n3c2)COC1. The van der Waals surface area contributed by atoms with Crippen LogP contribution in [0.4, 0.5) is 13.2 Å². The standard InChI is InChI=1S/C14H12F3N5O3S2/c1-14(5-25-6-14)21-27(23,24)7-2-8(15)11-18-3-9(22(11)4-7)12-19-20-13(26-12)10(16)17/h2-4,10,21H,5-6H2,1H3. The summed E-state index contributed by atoms with van der Waals surface area (Å²) in [6.45, 7) is 2.07. The third kappa shape index (κ3) is 3.20.